The third kappa shape index (κ3) is 6.38. The van der Waals surface area contributed by atoms with E-state index in [0.717, 1.165) is 0 Å². The number of furan rings is 2. The minimum atomic E-state index is -1.06. The lowest BCUT2D eigenvalue weighted by Crippen LogP contribution is -2.44. The molecule has 0 aliphatic heterocycles. The second kappa shape index (κ2) is 11.5. The van der Waals surface area contributed by atoms with Gasteiger partial charge in [0.2, 0.25) is 0 Å². The van der Waals surface area contributed by atoms with Gasteiger partial charge in [0.05, 0.1) is 23.9 Å². The lowest BCUT2D eigenvalue weighted by atomic mass is 10.1. The lowest BCUT2D eigenvalue weighted by Gasteiger charge is -2.04. The van der Waals surface area contributed by atoms with Gasteiger partial charge in [0.25, 0.3) is 0 Å². The van der Waals surface area contributed by atoms with Crippen LogP contribution in [0.4, 0.5) is 0 Å². The summed E-state index contributed by atoms with van der Waals surface area (Å²) in [4.78, 5) is 46.2. The zero-order chi connectivity index (χ0) is 27.1. The number of carboxylic acids is 2. The Morgan fingerprint density at radius 3 is 2.00 bits per heavy atom. The summed E-state index contributed by atoms with van der Waals surface area (Å²) in [7, 11) is 0. The van der Waals surface area contributed by atoms with E-state index in [1.165, 1.54) is 30.5 Å². The highest BCUT2D eigenvalue weighted by Crippen LogP contribution is 2.24. The fourth-order valence-corrected chi connectivity index (χ4v) is 3.29. The first-order valence-electron chi connectivity index (χ1n) is 11.0. The Morgan fingerprint density at radius 2 is 1.37 bits per heavy atom. The predicted molar refractivity (Wildman–Crippen MR) is 133 cm³/mol. The van der Waals surface area contributed by atoms with Gasteiger partial charge in [-0.05, 0) is 48.5 Å². The largest absolute Gasteiger partial charge is 0.478 e. The van der Waals surface area contributed by atoms with Crippen LogP contribution in [-0.4, -0.2) is 40.2 Å². The molecule has 5 N–H and O–H groups in total. The van der Waals surface area contributed by atoms with Gasteiger partial charge >= 0.3 is 23.8 Å². The summed E-state index contributed by atoms with van der Waals surface area (Å²) in [6, 6.07) is 18.9. The Balaban J connectivity index is 1.24. The molecule has 12 nitrogen and oxygen atoms in total. The van der Waals surface area contributed by atoms with Crippen LogP contribution in [0.3, 0.4) is 0 Å². The van der Waals surface area contributed by atoms with E-state index in [0.29, 0.717) is 28.4 Å². The molecule has 0 unspecified atom stereocenters. The van der Waals surface area contributed by atoms with Crippen molar-refractivity contribution >= 4 is 30.0 Å². The molecule has 0 spiro atoms. The van der Waals surface area contributed by atoms with Gasteiger partial charge in [-0.3, -0.25) is 15.0 Å². The molecule has 0 radical (unpaired) electrons. The van der Waals surface area contributed by atoms with E-state index in [4.69, 9.17) is 19.0 Å². The zero-order valence-corrected chi connectivity index (χ0v) is 19.5. The van der Waals surface area contributed by atoms with Crippen molar-refractivity contribution in [3.8, 4) is 22.6 Å². The summed E-state index contributed by atoms with van der Waals surface area (Å²) in [5.41, 5.74) is 8.19. The standard InChI is InChI=1S/C26H20N4O8/c31-23(29-27-13-19-7-9-21(37-19)15-3-1-5-17(11-15)25(33)34)24(32)30-28-14-20-8-10-22(38-20)16-4-2-6-18(12-16)26(35)36/h1-13,28H,14H2,(H,29,31)(H,30,32)(H,33,34)(H,35,36)/b27-13-. The maximum atomic E-state index is 12.0. The molecule has 2 aromatic carbocycles. The summed E-state index contributed by atoms with van der Waals surface area (Å²) < 4.78 is 11.2. The van der Waals surface area contributed by atoms with E-state index in [-0.39, 0.29) is 23.4 Å². The van der Waals surface area contributed by atoms with Gasteiger partial charge < -0.3 is 19.0 Å². The SMILES string of the molecule is O=C(N/N=C\c1ccc(-c2cccc(C(=O)O)c2)o1)C(=O)NNCc1ccc(-c2cccc(C(=O)O)c2)o1. The Kier molecular flexibility index (Phi) is 7.74. The van der Waals surface area contributed by atoms with E-state index in [1.54, 1.807) is 48.5 Å². The van der Waals surface area contributed by atoms with Gasteiger partial charge in [-0.1, -0.05) is 24.3 Å². The number of carbonyl (C=O) groups is 4. The molecule has 192 valence electrons. The number of benzene rings is 2. The van der Waals surface area contributed by atoms with E-state index in [1.807, 2.05) is 0 Å². The molecule has 0 bridgehead atoms. The highest BCUT2D eigenvalue weighted by molar-refractivity contribution is 6.34. The fourth-order valence-electron chi connectivity index (χ4n) is 3.29. The summed E-state index contributed by atoms with van der Waals surface area (Å²) in [5, 5.41) is 21.9. The molecule has 38 heavy (non-hydrogen) atoms. The quantitative estimate of drug-likeness (QED) is 0.127. The van der Waals surface area contributed by atoms with Gasteiger partial charge in [-0.15, -0.1) is 0 Å². The molecule has 4 rings (SSSR count). The van der Waals surface area contributed by atoms with Crippen LogP contribution >= 0.6 is 0 Å². The maximum absolute atomic E-state index is 12.0. The highest BCUT2D eigenvalue weighted by Gasteiger charge is 2.13. The van der Waals surface area contributed by atoms with Crippen molar-refractivity contribution in [3.63, 3.8) is 0 Å². The molecule has 0 saturated heterocycles. The number of nitrogens with zero attached hydrogens (tertiary/aromatic N) is 1. The third-order valence-electron chi connectivity index (χ3n) is 5.11. The van der Waals surface area contributed by atoms with Crippen molar-refractivity contribution in [2.24, 2.45) is 5.10 Å². The summed E-state index contributed by atoms with van der Waals surface area (Å²) in [6.45, 7) is 0.0547. The van der Waals surface area contributed by atoms with Gasteiger partial charge in [-0.2, -0.15) is 5.10 Å². The fraction of sp³-hybridized carbons (Fsp3) is 0.0385. The van der Waals surface area contributed by atoms with E-state index in [9.17, 15) is 19.2 Å². The molecule has 2 amide bonds. The molecule has 0 atom stereocenters. The zero-order valence-electron chi connectivity index (χ0n) is 19.5. The molecule has 2 aromatic heterocycles. The number of nitrogens with one attached hydrogen (secondary N) is 3. The monoisotopic (exact) mass is 516 g/mol. The average Bonchev–Trinajstić information content (AvgIpc) is 3.59. The van der Waals surface area contributed by atoms with Crippen LogP contribution < -0.4 is 16.3 Å². The minimum absolute atomic E-state index is 0.0547. The van der Waals surface area contributed by atoms with Gasteiger partial charge in [-0.25, -0.2) is 20.4 Å². The predicted octanol–water partition coefficient (Wildman–Crippen LogP) is 2.87. The summed E-state index contributed by atoms with van der Waals surface area (Å²) in [5.74, 6) is -2.62. The molecule has 0 aliphatic rings. The smallest absolute Gasteiger partial charge is 0.335 e. The normalized spacial score (nSPS) is 10.8. The van der Waals surface area contributed by atoms with Crippen LogP contribution in [0.15, 0.2) is 86.7 Å². The Hall–Kier alpha value is -5.49. The van der Waals surface area contributed by atoms with Crippen molar-refractivity contribution in [3.05, 3.63) is 95.4 Å². The first-order valence-corrected chi connectivity index (χ1v) is 11.0. The van der Waals surface area contributed by atoms with Crippen LogP contribution in [0.25, 0.3) is 22.6 Å². The van der Waals surface area contributed by atoms with E-state index >= 15 is 0 Å². The Bertz CT molecular complexity index is 1540. The van der Waals surface area contributed by atoms with Crippen LogP contribution in [0.5, 0.6) is 0 Å². The Morgan fingerprint density at radius 1 is 0.763 bits per heavy atom. The molecule has 0 saturated carbocycles. The second-order valence-corrected chi connectivity index (χ2v) is 7.75. The number of aromatic carboxylic acids is 2. The number of hydrogen-bond acceptors (Lipinski definition) is 8. The summed E-state index contributed by atoms with van der Waals surface area (Å²) in [6.07, 6.45) is 1.19. The molecule has 0 fully saturated rings. The molecule has 4 aromatic rings. The van der Waals surface area contributed by atoms with Crippen LogP contribution in [0.2, 0.25) is 0 Å². The van der Waals surface area contributed by atoms with Gasteiger partial charge in [0, 0.05) is 11.1 Å². The number of hydrazine groups is 1. The topological polar surface area (TPSA) is 183 Å². The molecular formula is C26H20N4O8. The second-order valence-electron chi connectivity index (χ2n) is 7.75. The van der Waals surface area contributed by atoms with Crippen molar-refractivity contribution in [1.82, 2.24) is 16.3 Å². The molecule has 0 aliphatic carbocycles. The number of carbonyl (C=O) groups excluding carboxylic acids is 2. The number of carboxylic acid groups (broad SMARTS) is 2. The van der Waals surface area contributed by atoms with Crippen molar-refractivity contribution in [2.75, 3.05) is 0 Å². The highest BCUT2D eigenvalue weighted by atomic mass is 16.4. The first-order chi connectivity index (χ1) is 18.3. The Labute approximate surface area is 214 Å². The minimum Gasteiger partial charge on any atom is -0.478 e. The third-order valence-corrected chi connectivity index (χ3v) is 5.11. The van der Waals surface area contributed by atoms with Crippen LogP contribution in [0.1, 0.15) is 32.2 Å². The summed E-state index contributed by atoms with van der Waals surface area (Å²) >= 11 is 0. The van der Waals surface area contributed by atoms with Crippen molar-refractivity contribution in [1.29, 1.82) is 0 Å². The number of rotatable bonds is 9. The molecular weight excluding hydrogens is 496 g/mol. The van der Waals surface area contributed by atoms with Crippen molar-refractivity contribution < 1.29 is 38.2 Å². The average molecular weight is 516 g/mol. The van der Waals surface area contributed by atoms with Gasteiger partial charge in [0.15, 0.2) is 0 Å². The molecule has 12 heteroatoms. The maximum Gasteiger partial charge on any atom is 0.335 e. The van der Waals surface area contributed by atoms with Crippen LogP contribution in [-0.2, 0) is 16.1 Å². The lowest BCUT2D eigenvalue weighted by molar-refractivity contribution is -0.139. The van der Waals surface area contributed by atoms with Gasteiger partial charge in [0.1, 0.15) is 23.0 Å². The molecule has 2 heterocycles. The number of amides is 2. The number of hydrazone groups is 1. The van der Waals surface area contributed by atoms with E-state index in [2.05, 4.69) is 21.4 Å². The number of hydrogen-bond donors (Lipinski definition) is 5. The van der Waals surface area contributed by atoms with E-state index < -0.39 is 23.8 Å². The van der Waals surface area contributed by atoms with Crippen molar-refractivity contribution in [2.45, 2.75) is 6.54 Å². The van der Waals surface area contributed by atoms with Crippen LogP contribution in [0, 0.1) is 0 Å². The first kappa shape index (κ1) is 25.6.